The van der Waals surface area contributed by atoms with E-state index in [1.807, 2.05) is 13.0 Å². The zero-order valence-corrected chi connectivity index (χ0v) is 17.3. The van der Waals surface area contributed by atoms with Crippen molar-refractivity contribution in [2.24, 2.45) is 0 Å². The summed E-state index contributed by atoms with van der Waals surface area (Å²) in [5.74, 6) is -1.45. The van der Waals surface area contributed by atoms with E-state index in [0.29, 0.717) is 5.65 Å². The second-order valence-corrected chi connectivity index (χ2v) is 8.88. The molecule has 0 aliphatic carbocycles. The summed E-state index contributed by atoms with van der Waals surface area (Å²) < 4.78 is 37.0. The minimum atomic E-state index is -3.67. The molecule has 158 valence electrons. The smallest absolute Gasteiger partial charge is 0.374 e. The van der Waals surface area contributed by atoms with E-state index < -0.39 is 21.6 Å². The highest BCUT2D eigenvalue weighted by Crippen LogP contribution is 2.21. The maximum Gasteiger partial charge on any atom is 0.374 e. The first-order valence-corrected chi connectivity index (χ1v) is 11.0. The highest BCUT2D eigenvalue weighted by Gasteiger charge is 2.23. The zero-order chi connectivity index (χ0) is 22.0. The molecule has 0 saturated heterocycles. The number of pyridine rings is 1. The van der Waals surface area contributed by atoms with Crippen LogP contribution in [0.5, 0.6) is 0 Å². The quantitative estimate of drug-likeness (QED) is 0.426. The van der Waals surface area contributed by atoms with Gasteiger partial charge in [-0.2, -0.15) is 0 Å². The molecule has 31 heavy (non-hydrogen) atoms. The number of carbonyl (C=O) groups excluding carboxylic acids is 1. The van der Waals surface area contributed by atoms with Crippen molar-refractivity contribution < 1.29 is 22.4 Å². The van der Waals surface area contributed by atoms with Crippen molar-refractivity contribution in [2.75, 3.05) is 0 Å². The van der Waals surface area contributed by atoms with Gasteiger partial charge in [-0.1, -0.05) is 24.3 Å². The van der Waals surface area contributed by atoms with Gasteiger partial charge >= 0.3 is 5.97 Å². The fraction of sp³-hybridized carbons (Fsp3) is 0.136. The molecule has 3 aromatic heterocycles. The van der Waals surface area contributed by atoms with E-state index in [2.05, 4.69) is 4.98 Å². The van der Waals surface area contributed by atoms with Gasteiger partial charge in [-0.15, -0.1) is 0 Å². The highest BCUT2D eigenvalue weighted by atomic mass is 32.2. The Morgan fingerprint density at radius 2 is 1.90 bits per heavy atom. The molecule has 0 atom stereocenters. The lowest BCUT2D eigenvalue weighted by Crippen LogP contribution is -2.17. The van der Waals surface area contributed by atoms with Crippen molar-refractivity contribution >= 4 is 21.5 Å². The summed E-state index contributed by atoms with van der Waals surface area (Å²) >= 11 is 0. The average molecular weight is 438 g/mol. The Labute approximate surface area is 177 Å². The lowest BCUT2D eigenvalue weighted by Gasteiger charge is -2.08. The molecule has 9 heteroatoms. The SMILES string of the molecule is Cc1cccn2c(=O)cc(COC(=O)c3occc3CS(=O)(=O)c3ccccc3)nc12. The molecule has 1 aromatic carbocycles. The van der Waals surface area contributed by atoms with Crippen LogP contribution in [0.1, 0.15) is 27.4 Å². The Bertz CT molecular complexity index is 1420. The predicted molar refractivity (Wildman–Crippen MR) is 111 cm³/mol. The molecular formula is C22H18N2O6S. The summed E-state index contributed by atoms with van der Waals surface area (Å²) in [6, 6.07) is 14.2. The maximum absolute atomic E-state index is 12.6. The maximum atomic E-state index is 12.6. The topological polar surface area (TPSA) is 108 Å². The van der Waals surface area contributed by atoms with Crippen molar-refractivity contribution in [3.05, 3.63) is 100.0 Å². The van der Waals surface area contributed by atoms with E-state index in [1.54, 1.807) is 30.5 Å². The first kappa shape index (κ1) is 20.5. The normalized spacial score (nSPS) is 11.5. The molecule has 0 spiro atoms. The third kappa shape index (κ3) is 4.26. The van der Waals surface area contributed by atoms with Crippen molar-refractivity contribution in [1.29, 1.82) is 0 Å². The lowest BCUT2D eigenvalue weighted by molar-refractivity contribution is 0.0430. The molecule has 0 aliphatic rings. The minimum absolute atomic E-state index is 0.145. The summed E-state index contributed by atoms with van der Waals surface area (Å²) in [6.45, 7) is 1.56. The first-order chi connectivity index (χ1) is 14.8. The Kier molecular flexibility index (Phi) is 5.43. The van der Waals surface area contributed by atoms with Gasteiger partial charge in [0.2, 0.25) is 5.76 Å². The summed E-state index contributed by atoms with van der Waals surface area (Å²) in [5.41, 5.74) is 1.43. The number of rotatable bonds is 6. The van der Waals surface area contributed by atoms with Crippen LogP contribution in [0.4, 0.5) is 0 Å². The highest BCUT2D eigenvalue weighted by molar-refractivity contribution is 7.90. The summed E-state index contributed by atoms with van der Waals surface area (Å²) in [7, 11) is -3.67. The monoisotopic (exact) mass is 438 g/mol. The van der Waals surface area contributed by atoms with Gasteiger partial charge in [-0.05, 0) is 36.8 Å². The first-order valence-electron chi connectivity index (χ1n) is 9.34. The number of furan rings is 1. The molecule has 0 aliphatic heterocycles. The van der Waals surface area contributed by atoms with Gasteiger partial charge in [0.25, 0.3) is 5.56 Å². The van der Waals surface area contributed by atoms with E-state index in [-0.39, 0.29) is 34.1 Å². The van der Waals surface area contributed by atoms with Crippen LogP contribution in [0, 0.1) is 6.92 Å². The van der Waals surface area contributed by atoms with Gasteiger partial charge < -0.3 is 9.15 Å². The van der Waals surface area contributed by atoms with Gasteiger partial charge in [-0.25, -0.2) is 18.2 Å². The number of fused-ring (bicyclic) bond motifs is 1. The van der Waals surface area contributed by atoms with Crippen LogP contribution in [0.3, 0.4) is 0 Å². The van der Waals surface area contributed by atoms with Gasteiger partial charge in [0.15, 0.2) is 9.84 Å². The third-order valence-electron chi connectivity index (χ3n) is 4.67. The Morgan fingerprint density at radius 1 is 1.13 bits per heavy atom. The lowest BCUT2D eigenvalue weighted by atomic mass is 10.3. The van der Waals surface area contributed by atoms with Crippen molar-refractivity contribution in [3.63, 3.8) is 0 Å². The van der Waals surface area contributed by atoms with Crippen LogP contribution in [0.25, 0.3) is 5.65 Å². The van der Waals surface area contributed by atoms with E-state index >= 15 is 0 Å². The number of sulfone groups is 1. The second kappa shape index (κ2) is 8.19. The number of ether oxygens (including phenoxy) is 1. The van der Waals surface area contributed by atoms with E-state index in [9.17, 15) is 18.0 Å². The van der Waals surface area contributed by atoms with Gasteiger partial charge in [0.1, 0.15) is 12.3 Å². The molecule has 0 amide bonds. The van der Waals surface area contributed by atoms with Crippen LogP contribution in [0.15, 0.2) is 81.2 Å². The van der Waals surface area contributed by atoms with Crippen LogP contribution in [-0.2, 0) is 26.9 Å². The van der Waals surface area contributed by atoms with Gasteiger partial charge in [-0.3, -0.25) is 9.20 Å². The molecular weight excluding hydrogens is 420 g/mol. The standard InChI is InChI=1S/C22H18N2O6S/c1-15-6-5-10-24-19(25)12-17(23-21(15)24)13-30-22(26)20-16(9-11-29-20)14-31(27,28)18-7-3-2-4-8-18/h2-12H,13-14H2,1H3. The number of nitrogens with zero attached hydrogens (tertiary/aromatic N) is 2. The fourth-order valence-electron chi connectivity index (χ4n) is 3.13. The molecule has 0 bridgehead atoms. The number of benzene rings is 1. The third-order valence-corrected chi connectivity index (χ3v) is 6.35. The van der Waals surface area contributed by atoms with Crippen LogP contribution in [0.2, 0.25) is 0 Å². The van der Waals surface area contributed by atoms with Gasteiger partial charge in [0.05, 0.1) is 22.6 Å². The van der Waals surface area contributed by atoms with Crippen molar-refractivity contribution in [1.82, 2.24) is 9.38 Å². The van der Waals surface area contributed by atoms with Crippen molar-refractivity contribution in [3.8, 4) is 0 Å². The van der Waals surface area contributed by atoms with E-state index in [1.165, 1.54) is 34.9 Å². The Morgan fingerprint density at radius 3 is 2.68 bits per heavy atom. The fourth-order valence-corrected chi connectivity index (χ4v) is 4.51. The molecule has 3 heterocycles. The summed E-state index contributed by atoms with van der Waals surface area (Å²) in [4.78, 5) is 29.3. The second-order valence-electron chi connectivity index (χ2n) is 6.89. The number of hydrogen-bond acceptors (Lipinski definition) is 7. The van der Waals surface area contributed by atoms with E-state index in [4.69, 9.17) is 9.15 Å². The molecule has 0 unspecified atom stereocenters. The Hall–Kier alpha value is -3.72. The largest absolute Gasteiger partial charge is 0.457 e. The van der Waals surface area contributed by atoms with Crippen molar-refractivity contribution in [2.45, 2.75) is 24.2 Å². The van der Waals surface area contributed by atoms with Crippen LogP contribution in [-0.4, -0.2) is 23.8 Å². The molecule has 0 saturated carbocycles. The Balaban J connectivity index is 1.52. The number of aromatic nitrogens is 2. The molecule has 8 nitrogen and oxygen atoms in total. The number of aryl methyl sites for hydroxylation is 1. The molecule has 0 radical (unpaired) electrons. The number of esters is 1. The zero-order valence-electron chi connectivity index (χ0n) is 16.5. The molecule has 4 rings (SSSR count). The van der Waals surface area contributed by atoms with E-state index in [0.717, 1.165) is 5.56 Å². The molecule has 0 N–H and O–H groups in total. The average Bonchev–Trinajstić information content (AvgIpc) is 3.21. The summed E-state index contributed by atoms with van der Waals surface area (Å²) in [6.07, 6.45) is 2.84. The van der Waals surface area contributed by atoms with Crippen LogP contribution < -0.4 is 5.56 Å². The number of hydrogen-bond donors (Lipinski definition) is 0. The summed E-state index contributed by atoms with van der Waals surface area (Å²) in [5, 5.41) is 0. The van der Waals surface area contributed by atoms with Crippen LogP contribution >= 0.6 is 0 Å². The molecule has 0 fully saturated rings. The predicted octanol–water partition coefficient (Wildman–Crippen LogP) is 2.93. The van der Waals surface area contributed by atoms with Gasteiger partial charge in [0, 0.05) is 17.8 Å². The molecule has 4 aromatic rings. The minimum Gasteiger partial charge on any atom is -0.457 e. The number of carbonyl (C=O) groups is 1.